The van der Waals surface area contributed by atoms with Gasteiger partial charge in [-0.3, -0.25) is 4.79 Å². The molecule has 3 aromatic rings. The van der Waals surface area contributed by atoms with Gasteiger partial charge in [0.1, 0.15) is 10.5 Å². The van der Waals surface area contributed by atoms with Crippen molar-refractivity contribution in [3.8, 4) is 0 Å². The van der Waals surface area contributed by atoms with Gasteiger partial charge in [0.25, 0.3) is 5.91 Å². The van der Waals surface area contributed by atoms with Gasteiger partial charge in [0, 0.05) is 31.6 Å². The van der Waals surface area contributed by atoms with Gasteiger partial charge in [-0.05, 0) is 36.9 Å². The smallest absolute Gasteiger partial charge is 0.409 e. The van der Waals surface area contributed by atoms with Gasteiger partial charge in [-0.2, -0.15) is 0 Å². The van der Waals surface area contributed by atoms with E-state index >= 15 is 0 Å². The highest BCUT2D eigenvalue weighted by molar-refractivity contribution is 7.16. The van der Waals surface area contributed by atoms with Crippen LogP contribution in [-0.4, -0.2) is 59.2 Å². The van der Waals surface area contributed by atoms with E-state index in [4.69, 9.17) is 4.74 Å². The third-order valence-electron chi connectivity index (χ3n) is 5.43. The van der Waals surface area contributed by atoms with Gasteiger partial charge in [0.2, 0.25) is 0 Å². The van der Waals surface area contributed by atoms with Crippen molar-refractivity contribution < 1.29 is 14.3 Å². The zero-order valence-electron chi connectivity index (χ0n) is 16.7. The van der Waals surface area contributed by atoms with E-state index in [1.54, 1.807) is 23.2 Å². The fourth-order valence-electron chi connectivity index (χ4n) is 3.84. The topological polar surface area (TPSA) is 54.8 Å². The summed E-state index contributed by atoms with van der Waals surface area (Å²) in [5.41, 5.74) is 1.87. The molecule has 1 fully saturated rings. The van der Waals surface area contributed by atoms with Crippen molar-refractivity contribution in [3.05, 3.63) is 59.1 Å². The van der Waals surface area contributed by atoms with Gasteiger partial charge >= 0.3 is 6.09 Å². The van der Waals surface area contributed by atoms with Crippen LogP contribution >= 0.6 is 11.3 Å². The summed E-state index contributed by atoms with van der Waals surface area (Å²) in [4.78, 5) is 29.9. The molecule has 3 heterocycles. The minimum Gasteiger partial charge on any atom is -0.450 e. The Morgan fingerprint density at radius 3 is 2.45 bits per heavy atom. The number of carbonyl (C=O) groups excluding carboxylic acids is 2. The number of hydrogen-bond acceptors (Lipinski definition) is 4. The van der Waals surface area contributed by atoms with E-state index in [1.807, 2.05) is 29.2 Å². The minimum absolute atomic E-state index is 0.0136. The molecule has 1 atom stereocenters. The lowest BCUT2D eigenvalue weighted by Gasteiger charge is -2.34. The molecule has 1 aliphatic rings. The Morgan fingerprint density at radius 2 is 1.76 bits per heavy atom. The molecule has 29 heavy (non-hydrogen) atoms. The van der Waals surface area contributed by atoms with Crippen molar-refractivity contribution in [3.63, 3.8) is 0 Å². The number of piperazine rings is 1. The first kappa shape index (κ1) is 19.5. The average molecular weight is 412 g/mol. The fourth-order valence-corrected chi connectivity index (χ4v) is 4.82. The van der Waals surface area contributed by atoms with Crippen LogP contribution in [0.5, 0.6) is 0 Å². The SMILES string of the molecule is CCOC(=O)N1CCN(C(=O)c2cc3ccsc3n2[C@@H](C)c2ccccc2)CC1. The molecular formula is C22H25N3O3S. The predicted molar refractivity (Wildman–Crippen MR) is 115 cm³/mol. The van der Waals surface area contributed by atoms with E-state index in [9.17, 15) is 9.59 Å². The maximum Gasteiger partial charge on any atom is 0.409 e. The normalized spacial score (nSPS) is 15.5. The van der Waals surface area contributed by atoms with Gasteiger partial charge in [0.15, 0.2) is 0 Å². The molecular weight excluding hydrogens is 386 g/mol. The van der Waals surface area contributed by atoms with Crippen LogP contribution in [0.15, 0.2) is 47.8 Å². The number of fused-ring (bicyclic) bond motifs is 1. The van der Waals surface area contributed by atoms with Crippen molar-refractivity contribution in [1.29, 1.82) is 0 Å². The van der Waals surface area contributed by atoms with Crippen LogP contribution in [0, 0.1) is 0 Å². The van der Waals surface area contributed by atoms with Crippen molar-refractivity contribution in [1.82, 2.24) is 14.4 Å². The summed E-state index contributed by atoms with van der Waals surface area (Å²) >= 11 is 1.65. The van der Waals surface area contributed by atoms with Gasteiger partial charge in [-0.25, -0.2) is 4.79 Å². The number of amides is 2. The van der Waals surface area contributed by atoms with Crippen LogP contribution in [0.2, 0.25) is 0 Å². The van der Waals surface area contributed by atoms with Crippen molar-refractivity contribution >= 4 is 33.6 Å². The summed E-state index contributed by atoms with van der Waals surface area (Å²) in [6.45, 7) is 6.29. The van der Waals surface area contributed by atoms with Crippen LogP contribution in [0.25, 0.3) is 10.2 Å². The molecule has 0 aliphatic carbocycles. The largest absolute Gasteiger partial charge is 0.450 e. The van der Waals surface area contributed by atoms with Crippen molar-refractivity contribution in [2.45, 2.75) is 19.9 Å². The maximum atomic E-state index is 13.4. The first-order chi connectivity index (χ1) is 14.1. The van der Waals surface area contributed by atoms with E-state index < -0.39 is 0 Å². The summed E-state index contributed by atoms with van der Waals surface area (Å²) in [5.74, 6) is 0.0136. The average Bonchev–Trinajstić information content (AvgIpc) is 3.35. The molecule has 6 nitrogen and oxygen atoms in total. The second-order valence-corrected chi connectivity index (χ2v) is 8.04. The second-order valence-electron chi connectivity index (χ2n) is 7.15. The number of benzene rings is 1. The quantitative estimate of drug-likeness (QED) is 0.646. The highest BCUT2D eigenvalue weighted by Gasteiger charge is 2.29. The Balaban J connectivity index is 1.59. The van der Waals surface area contributed by atoms with E-state index in [0.29, 0.717) is 38.5 Å². The summed E-state index contributed by atoms with van der Waals surface area (Å²) in [7, 11) is 0. The highest BCUT2D eigenvalue weighted by atomic mass is 32.1. The molecule has 0 radical (unpaired) electrons. The minimum atomic E-state index is -0.304. The number of hydrogen-bond donors (Lipinski definition) is 0. The lowest BCUT2D eigenvalue weighted by atomic mass is 10.1. The van der Waals surface area contributed by atoms with Crippen LogP contribution in [0.1, 0.15) is 35.9 Å². The highest BCUT2D eigenvalue weighted by Crippen LogP contribution is 2.32. The molecule has 7 heteroatoms. The van der Waals surface area contributed by atoms with Gasteiger partial charge in [-0.15, -0.1) is 11.3 Å². The molecule has 152 valence electrons. The zero-order valence-corrected chi connectivity index (χ0v) is 17.5. The van der Waals surface area contributed by atoms with E-state index in [2.05, 4.69) is 35.1 Å². The van der Waals surface area contributed by atoms with E-state index in [0.717, 1.165) is 10.2 Å². The molecule has 1 aromatic carbocycles. The third-order valence-corrected chi connectivity index (χ3v) is 6.35. The molecule has 2 amide bonds. The van der Waals surface area contributed by atoms with E-state index in [-0.39, 0.29) is 18.0 Å². The van der Waals surface area contributed by atoms with Crippen molar-refractivity contribution in [2.75, 3.05) is 32.8 Å². The number of ether oxygens (including phenoxy) is 1. The van der Waals surface area contributed by atoms with Crippen molar-refractivity contribution in [2.24, 2.45) is 0 Å². The summed E-state index contributed by atoms with van der Waals surface area (Å²) in [6.07, 6.45) is -0.304. The Kier molecular flexibility index (Phi) is 5.58. The first-order valence-corrected chi connectivity index (χ1v) is 10.8. The molecule has 4 rings (SSSR count). The number of nitrogens with zero attached hydrogens (tertiary/aromatic N) is 3. The number of aromatic nitrogens is 1. The predicted octanol–water partition coefficient (Wildman–Crippen LogP) is 4.23. The Morgan fingerprint density at radius 1 is 1.07 bits per heavy atom. The summed E-state index contributed by atoms with van der Waals surface area (Å²) in [5, 5.41) is 3.15. The molecule has 0 unspecified atom stereocenters. The molecule has 0 bridgehead atoms. The number of carbonyl (C=O) groups is 2. The molecule has 0 N–H and O–H groups in total. The van der Waals surface area contributed by atoms with Gasteiger partial charge in [0.05, 0.1) is 12.6 Å². The Hall–Kier alpha value is -2.80. The third kappa shape index (κ3) is 3.74. The maximum absolute atomic E-state index is 13.4. The lowest BCUT2D eigenvalue weighted by molar-refractivity contribution is 0.0562. The Bertz CT molecular complexity index is 1000. The molecule has 2 aromatic heterocycles. The first-order valence-electron chi connectivity index (χ1n) is 9.94. The second kappa shape index (κ2) is 8.29. The van der Waals surface area contributed by atoms with E-state index in [1.165, 1.54) is 5.56 Å². The van der Waals surface area contributed by atoms with Gasteiger partial charge < -0.3 is 19.1 Å². The van der Waals surface area contributed by atoms with Crippen LogP contribution < -0.4 is 0 Å². The molecule has 1 saturated heterocycles. The summed E-state index contributed by atoms with van der Waals surface area (Å²) < 4.78 is 7.22. The molecule has 0 saturated carbocycles. The van der Waals surface area contributed by atoms with Crippen LogP contribution in [0.3, 0.4) is 0 Å². The zero-order chi connectivity index (χ0) is 20.4. The molecule has 1 aliphatic heterocycles. The number of rotatable bonds is 4. The fraction of sp³-hybridized carbons (Fsp3) is 0.364. The lowest BCUT2D eigenvalue weighted by Crippen LogP contribution is -2.51. The van der Waals surface area contributed by atoms with Crippen LogP contribution in [-0.2, 0) is 4.74 Å². The van der Waals surface area contributed by atoms with Crippen LogP contribution in [0.4, 0.5) is 4.79 Å². The Labute approximate surface area is 174 Å². The number of thiophene rings is 1. The monoisotopic (exact) mass is 411 g/mol. The molecule has 0 spiro atoms. The van der Waals surface area contributed by atoms with Gasteiger partial charge in [-0.1, -0.05) is 30.3 Å². The summed E-state index contributed by atoms with van der Waals surface area (Å²) in [6, 6.07) is 14.3. The standard InChI is InChI=1S/C22H25N3O3S/c1-3-28-22(27)24-12-10-23(11-13-24)20(26)19-15-18-9-14-29-21(18)25(19)16(2)17-7-5-4-6-8-17/h4-9,14-16H,3,10-13H2,1-2H3/t16-/m0/s1.